The molecule has 0 spiro atoms. The summed E-state index contributed by atoms with van der Waals surface area (Å²) in [6.07, 6.45) is 0. The van der Waals surface area contributed by atoms with Crippen molar-refractivity contribution in [3.8, 4) is 11.3 Å². The Hall–Kier alpha value is -2.90. The second-order valence-corrected chi connectivity index (χ2v) is 6.21. The largest absolute Gasteiger partial charge is 0.460 e. The van der Waals surface area contributed by atoms with Crippen LogP contribution < -0.4 is 10.6 Å². The van der Waals surface area contributed by atoms with E-state index in [4.69, 9.17) is 16.0 Å². The monoisotopic (exact) mass is 389 g/mol. The standard InChI is InChI=1S/C19H17ClFN3O3/c20-17-11-13(1-7-18(17)21)19-8-6-16(27-19)12-22-9-10-23-14-2-4-15(5-3-14)24(25)26/h1-8,11,22-23H,9-10,12H2. The van der Waals surface area contributed by atoms with Crippen LogP contribution in [-0.2, 0) is 6.54 Å². The number of furan rings is 1. The SMILES string of the molecule is O=[N+]([O-])c1ccc(NCCNCc2ccc(-c3ccc(F)c(Cl)c3)o2)cc1. The maximum Gasteiger partial charge on any atom is 0.269 e. The lowest BCUT2D eigenvalue weighted by atomic mass is 10.2. The molecule has 0 aliphatic rings. The van der Waals surface area contributed by atoms with Crippen LogP contribution in [0.1, 0.15) is 5.76 Å². The molecule has 0 atom stereocenters. The van der Waals surface area contributed by atoms with Crippen molar-refractivity contribution in [1.82, 2.24) is 5.32 Å². The number of nitrogens with zero attached hydrogens (tertiary/aromatic N) is 1. The van der Waals surface area contributed by atoms with Gasteiger partial charge in [-0.05, 0) is 42.5 Å². The Bertz CT molecular complexity index is 928. The van der Waals surface area contributed by atoms with Crippen LogP contribution in [0.3, 0.4) is 0 Å². The normalized spacial score (nSPS) is 10.7. The predicted molar refractivity (Wildman–Crippen MR) is 102 cm³/mol. The Morgan fingerprint density at radius 3 is 2.56 bits per heavy atom. The number of nitro benzene ring substituents is 1. The Labute approximate surface area is 160 Å². The number of halogens is 2. The number of anilines is 1. The fourth-order valence-corrected chi connectivity index (χ4v) is 2.67. The summed E-state index contributed by atoms with van der Waals surface area (Å²) in [5, 5.41) is 17.1. The minimum Gasteiger partial charge on any atom is -0.460 e. The molecule has 6 nitrogen and oxygen atoms in total. The Morgan fingerprint density at radius 1 is 1.07 bits per heavy atom. The second-order valence-electron chi connectivity index (χ2n) is 5.80. The summed E-state index contributed by atoms with van der Waals surface area (Å²) < 4.78 is 19.0. The quantitative estimate of drug-likeness (QED) is 0.327. The summed E-state index contributed by atoms with van der Waals surface area (Å²) in [6.45, 7) is 1.87. The molecule has 8 heteroatoms. The third-order valence-electron chi connectivity index (χ3n) is 3.87. The Morgan fingerprint density at radius 2 is 1.85 bits per heavy atom. The highest BCUT2D eigenvalue weighted by Crippen LogP contribution is 2.26. The fraction of sp³-hybridized carbons (Fsp3) is 0.158. The first-order valence-corrected chi connectivity index (χ1v) is 8.64. The molecule has 0 aliphatic carbocycles. The van der Waals surface area contributed by atoms with Crippen molar-refractivity contribution in [2.24, 2.45) is 0 Å². The molecule has 1 aromatic heterocycles. The van der Waals surface area contributed by atoms with E-state index in [1.54, 1.807) is 18.2 Å². The van der Waals surface area contributed by atoms with Crippen molar-refractivity contribution in [3.05, 3.63) is 81.3 Å². The van der Waals surface area contributed by atoms with Gasteiger partial charge in [0.2, 0.25) is 0 Å². The molecule has 0 aliphatic heterocycles. The number of hydrogen-bond donors (Lipinski definition) is 2. The van der Waals surface area contributed by atoms with Gasteiger partial charge in [-0.2, -0.15) is 0 Å². The molecule has 0 saturated carbocycles. The molecule has 2 N–H and O–H groups in total. The molecule has 140 valence electrons. The van der Waals surface area contributed by atoms with E-state index in [9.17, 15) is 14.5 Å². The predicted octanol–water partition coefficient (Wildman–Crippen LogP) is 4.85. The van der Waals surface area contributed by atoms with Gasteiger partial charge in [0.15, 0.2) is 0 Å². The van der Waals surface area contributed by atoms with Crippen molar-refractivity contribution in [1.29, 1.82) is 0 Å². The van der Waals surface area contributed by atoms with E-state index in [1.165, 1.54) is 24.3 Å². The number of non-ortho nitro benzene ring substituents is 1. The molecule has 0 radical (unpaired) electrons. The van der Waals surface area contributed by atoms with E-state index >= 15 is 0 Å². The van der Waals surface area contributed by atoms with Gasteiger partial charge in [0.25, 0.3) is 5.69 Å². The van der Waals surface area contributed by atoms with E-state index in [2.05, 4.69) is 10.6 Å². The number of hydrogen-bond acceptors (Lipinski definition) is 5. The van der Waals surface area contributed by atoms with Crippen molar-refractivity contribution in [3.63, 3.8) is 0 Å². The molecule has 1 heterocycles. The van der Waals surface area contributed by atoms with Crippen LogP contribution >= 0.6 is 11.6 Å². The van der Waals surface area contributed by atoms with Crippen LogP contribution in [0, 0.1) is 15.9 Å². The number of rotatable bonds is 8. The first kappa shape index (κ1) is 18.9. The average Bonchev–Trinajstić information content (AvgIpc) is 3.13. The smallest absolute Gasteiger partial charge is 0.269 e. The molecule has 2 aromatic carbocycles. The first-order chi connectivity index (χ1) is 13.0. The highest BCUT2D eigenvalue weighted by atomic mass is 35.5. The summed E-state index contributed by atoms with van der Waals surface area (Å²) in [6, 6.07) is 14.4. The number of benzene rings is 2. The van der Waals surface area contributed by atoms with Crippen molar-refractivity contribution in [2.75, 3.05) is 18.4 Å². The first-order valence-electron chi connectivity index (χ1n) is 8.26. The van der Waals surface area contributed by atoms with E-state index in [-0.39, 0.29) is 10.7 Å². The van der Waals surface area contributed by atoms with Gasteiger partial charge < -0.3 is 15.1 Å². The number of nitro groups is 1. The molecule has 3 aromatic rings. The molecule has 0 bridgehead atoms. The van der Waals surface area contributed by atoms with Crippen LogP contribution in [0.2, 0.25) is 5.02 Å². The molecule has 0 amide bonds. The maximum absolute atomic E-state index is 13.2. The van der Waals surface area contributed by atoms with Gasteiger partial charge in [0, 0.05) is 36.5 Å². The van der Waals surface area contributed by atoms with Gasteiger partial charge in [0.05, 0.1) is 16.5 Å². The molecule has 0 unspecified atom stereocenters. The summed E-state index contributed by atoms with van der Waals surface area (Å²) in [7, 11) is 0. The average molecular weight is 390 g/mol. The lowest BCUT2D eigenvalue weighted by Crippen LogP contribution is -2.21. The van der Waals surface area contributed by atoms with Gasteiger partial charge in [-0.3, -0.25) is 10.1 Å². The van der Waals surface area contributed by atoms with Crippen molar-refractivity contribution in [2.45, 2.75) is 6.54 Å². The van der Waals surface area contributed by atoms with E-state index in [1.807, 2.05) is 12.1 Å². The summed E-state index contributed by atoms with van der Waals surface area (Å²) >= 11 is 5.79. The summed E-state index contributed by atoms with van der Waals surface area (Å²) in [5.41, 5.74) is 1.60. The van der Waals surface area contributed by atoms with Crippen LogP contribution in [0.5, 0.6) is 0 Å². The minimum atomic E-state index is -0.464. The zero-order chi connectivity index (χ0) is 19.2. The Balaban J connectivity index is 1.44. The second kappa shape index (κ2) is 8.66. The van der Waals surface area contributed by atoms with E-state index < -0.39 is 10.7 Å². The molecular weight excluding hydrogens is 373 g/mol. The van der Waals surface area contributed by atoms with Gasteiger partial charge in [-0.25, -0.2) is 4.39 Å². The third-order valence-corrected chi connectivity index (χ3v) is 4.16. The molecule has 27 heavy (non-hydrogen) atoms. The zero-order valence-electron chi connectivity index (χ0n) is 14.2. The molecule has 0 fully saturated rings. The van der Waals surface area contributed by atoms with Crippen LogP contribution in [0.25, 0.3) is 11.3 Å². The minimum absolute atomic E-state index is 0.0564. The molecule has 3 rings (SSSR count). The number of nitrogens with one attached hydrogen (secondary N) is 2. The van der Waals surface area contributed by atoms with E-state index in [0.29, 0.717) is 31.0 Å². The molecule has 0 saturated heterocycles. The van der Waals surface area contributed by atoms with Gasteiger partial charge in [-0.15, -0.1) is 0 Å². The fourth-order valence-electron chi connectivity index (χ4n) is 2.49. The summed E-state index contributed by atoms with van der Waals surface area (Å²) in [5.74, 6) is 0.910. The van der Waals surface area contributed by atoms with Crippen LogP contribution in [0.4, 0.5) is 15.8 Å². The van der Waals surface area contributed by atoms with E-state index in [0.717, 1.165) is 11.4 Å². The van der Waals surface area contributed by atoms with Crippen molar-refractivity contribution >= 4 is 23.0 Å². The van der Waals surface area contributed by atoms with Crippen LogP contribution in [0.15, 0.2) is 59.0 Å². The zero-order valence-corrected chi connectivity index (χ0v) is 15.0. The Kier molecular flexibility index (Phi) is 6.05. The third kappa shape index (κ3) is 5.06. The van der Waals surface area contributed by atoms with Gasteiger partial charge >= 0.3 is 0 Å². The van der Waals surface area contributed by atoms with Crippen molar-refractivity contribution < 1.29 is 13.7 Å². The topological polar surface area (TPSA) is 80.3 Å². The van der Waals surface area contributed by atoms with Gasteiger partial charge in [-0.1, -0.05) is 11.6 Å². The lowest BCUT2D eigenvalue weighted by Gasteiger charge is -2.07. The lowest BCUT2D eigenvalue weighted by molar-refractivity contribution is -0.384. The molecular formula is C19H17ClFN3O3. The highest BCUT2D eigenvalue weighted by Gasteiger charge is 2.08. The van der Waals surface area contributed by atoms with Crippen LogP contribution in [-0.4, -0.2) is 18.0 Å². The van der Waals surface area contributed by atoms with Gasteiger partial charge in [0.1, 0.15) is 17.3 Å². The maximum atomic E-state index is 13.2. The highest BCUT2D eigenvalue weighted by molar-refractivity contribution is 6.31. The summed E-state index contributed by atoms with van der Waals surface area (Å²) in [4.78, 5) is 10.2.